The number of carbonyl (C=O) groups is 1. The summed E-state index contributed by atoms with van der Waals surface area (Å²) in [6.07, 6.45) is 4.07. The minimum absolute atomic E-state index is 0.0332. The zero-order valence-electron chi connectivity index (χ0n) is 19.2. The van der Waals surface area contributed by atoms with Crippen LogP contribution in [0.15, 0.2) is 24.4 Å². The fourth-order valence-electron chi connectivity index (χ4n) is 5.29. The predicted octanol–water partition coefficient (Wildman–Crippen LogP) is 3.58. The number of hydrogen-bond acceptors (Lipinski definition) is 6. The molecule has 178 valence electrons. The molecule has 2 aromatic rings. The van der Waals surface area contributed by atoms with Gasteiger partial charge in [-0.3, -0.25) is 9.69 Å². The van der Waals surface area contributed by atoms with Crippen molar-refractivity contribution < 1.29 is 19.4 Å². The fraction of sp³-hybridized carbons (Fsp3) is 0.600. The van der Waals surface area contributed by atoms with E-state index in [1.54, 1.807) is 6.20 Å². The summed E-state index contributed by atoms with van der Waals surface area (Å²) in [6.45, 7) is 7.44. The zero-order chi connectivity index (χ0) is 23.2. The van der Waals surface area contributed by atoms with Gasteiger partial charge in [0, 0.05) is 23.2 Å². The molecule has 1 aromatic heterocycles. The third-order valence-electron chi connectivity index (χ3n) is 7.58. The highest BCUT2D eigenvalue weighted by atomic mass is 35.5. The molecule has 3 aliphatic rings. The number of aromatic nitrogens is 1. The Balaban J connectivity index is 1.29. The van der Waals surface area contributed by atoms with Crippen molar-refractivity contribution in [2.75, 3.05) is 38.2 Å². The Kier molecular flexibility index (Phi) is 6.35. The molecule has 0 bridgehead atoms. The van der Waals surface area contributed by atoms with Crippen LogP contribution in [-0.4, -0.2) is 71.6 Å². The Morgan fingerprint density at radius 3 is 2.82 bits per heavy atom. The summed E-state index contributed by atoms with van der Waals surface area (Å²) in [4.78, 5) is 19.2. The lowest BCUT2D eigenvalue weighted by atomic mass is 9.85. The normalized spacial score (nSPS) is 30.6. The second-order valence-electron chi connectivity index (χ2n) is 9.77. The number of rotatable bonds is 6. The van der Waals surface area contributed by atoms with E-state index in [4.69, 9.17) is 21.1 Å². The number of nitrogens with one attached hydrogen (secondary N) is 1. The minimum Gasteiger partial charge on any atom is -0.389 e. The highest BCUT2D eigenvalue weighted by molar-refractivity contribution is 6.32. The SMILES string of the molecule is CCO[C@H]1C[C@@H]1C(=O)Nc1cc2cc(C3CCN([C@]4(C)COC[C@@H]4O)CC3)c(Cl)cc2cn1. The molecule has 7 nitrogen and oxygen atoms in total. The van der Waals surface area contributed by atoms with Gasteiger partial charge in [0.15, 0.2) is 0 Å². The fourth-order valence-corrected chi connectivity index (χ4v) is 5.61. The monoisotopic (exact) mass is 473 g/mol. The van der Waals surface area contributed by atoms with E-state index in [1.165, 1.54) is 0 Å². The van der Waals surface area contributed by atoms with Crippen LogP contribution in [0.3, 0.4) is 0 Å². The van der Waals surface area contributed by atoms with E-state index in [2.05, 4.69) is 28.2 Å². The number of likely N-dealkylation sites (tertiary alicyclic amines) is 1. The van der Waals surface area contributed by atoms with Crippen molar-refractivity contribution in [1.82, 2.24) is 9.88 Å². The maximum Gasteiger partial charge on any atom is 0.231 e. The molecule has 2 aliphatic heterocycles. The Morgan fingerprint density at radius 2 is 2.12 bits per heavy atom. The summed E-state index contributed by atoms with van der Waals surface area (Å²) in [5, 5.41) is 16.1. The highest BCUT2D eigenvalue weighted by Gasteiger charge is 2.45. The van der Waals surface area contributed by atoms with Gasteiger partial charge in [-0.15, -0.1) is 0 Å². The van der Waals surface area contributed by atoms with Crippen LogP contribution in [0, 0.1) is 5.92 Å². The van der Waals surface area contributed by atoms with Gasteiger partial charge in [0.2, 0.25) is 5.91 Å². The number of fused-ring (bicyclic) bond motifs is 1. The Bertz CT molecular complexity index is 1040. The second-order valence-corrected chi connectivity index (χ2v) is 10.2. The van der Waals surface area contributed by atoms with Crippen LogP contribution in [-0.2, 0) is 14.3 Å². The summed E-state index contributed by atoms with van der Waals surface area (Å²) >= 11 is 6.69. The Hall–Kier alpha value is -1.77. The second kappa shape index (κ2) is 9.12. The molecular weight excluding hydrogens is 442 g/mol. The highest BCUT2D eigenvalue weighted by Crippen LogP contribution is 2.39. The lowest BCUT2D eigenvalue weighted by molar-refractivity contribution is -0.118. The number of halogens is 1. The van der Waals surface area contributed by atoms with Gasteiger partial charge in [-0.25, -0.2) is 4.98 Å². The number of aliphatic hydroxyl groups excluding tert-OH is 1. The van der Waals surface area contributed by atoms with E-state index < -0.39 is 6.10 Å². The molecule has 1 amide bonds. The standard InChI is InChI=1S/C25H32ClN3O4/c1-3-33-21-11-19(21)24(31)28-23-10-16-8-18(20(26)9-17(16)12-27-23)15-4-6-29(7-5-15)25(2)14-32-13-22(25)30/h8-10,12,15,19,21-22,30H,3-7,11,13-14H2,1-2H3,(H,27,28,31)/t19-,21-,22-,25+/m0/s1. The maximum absolute atomic E-state index is 12.5. The van der Waals surface area contributed by atoms with Gasteiger partial charge >= 0.3 is 0 Å². The first kappa shape index (κ1) is 23.0. The summed E-state index contributed by atoms with van der Waals surface area (Å²) < 4.78 is 11.0. The van der Waals surface area contributed by atoms with Crippen molar-refractivity contribution in [3.05, 3.63) is 35.0 Å². The lowest BCUT2D eigenvalue weighted by Crippen LogP contribution is -2.56. The van der Waals surface area contributed by atoms with Gasteiger partial charge in [-0.2, -0.15) is 0 Å². The van der Waals surface area contributed by atoms with Gasteiger partial charge in [0.25, 0.3) is 0 Å². The number of ether oxygens (including phenoxy) is 2. The van der Waals surface area contributed by atoms with Crippen LogP contribution >= 0.6 is 11.6 Å². The summed E-state index contributed by atoms with van der Waals surface area (Å²) in [6, 6.07) is 6.04. The number of benzene rings is 1. The maximum atomic E-state index is 12.5. The Morgan fingerprint density at radius 1 is 1.33 bits per heavy atom. The molecule has 1 saturated carbocycles. The smallest absolute Gasteiger partial charge is 0.231 e. The van der Waals surface area contributed by atoms with Gasteiger partial charge < -0.3 is 19.9 Å². The van der Waals surface area contributed by atoms with Gasteiger partial charge in [0.05, 0.1) is 36.9 Å². The molecule has 2 N–H and O–H groups in total. The molecule has 0 unspecified atom stereocenters. The zero-order valence-corrected chi connectivity index (χ0v) is 20.0. The van der Waals surface area contributed by atoms with Gasteiger partial charge in [-0.1, -0.05) is 11.6 Å². The topological polar surface area (TPSA) is 83.9 Å². The molecule has 4 atom stereocenters. The number of aliphatic hydroxyl groups is 1. The molecule has 0 spiro atoms. The summed E-state index contributed by atoms with van der Waals surface area (Å²) in [7, 11) is 0. The van der Waals surface area contributed by atoms with E-state index in [0.29, 0.717) is 31.6 Å². The minimum atomic E-state index is -0.445. The van der Waals surface area contributed by atoms with Crippen molar-refractivity contribution in [2.45, 2.75) is 56.8 Å². The van der Waals surface area contributed by atoms with Crippen molar-refractivity contribution in [3.8, 4) is 0 Å². The molecule has 33 heavy (non-hydrogen) atoms. The number of nitrogens with zero attached hydrogens (tertiary/aromatic N) is 2. The largest absolute Gasteiger partial charge is 0.389 e. The van der Waals surface area contributed by atoms with E-state index in [-0.39, 0.29) is 23.5 Å². The molecule has 0 radical (unpaired) electrons. The number of carbonyl (C=O) groups excluding carboxylic acids is 1. The van der Waals surface area contributed by atoms with Crippen LogP contribution in [0.2, 0.25) is 5.02 Å². The quantitative estimate of drug-likeness (QED) is 0.667. The average molecular weight is 474 g/mol. The first-order chi connectivity index (χ1) is 15.9. The van der Waals surface area contributed by atoms with Crippen LogP contribution < -0.4 is 5.32 Å². The molecular formula is C25H32ClN3O4. The van der Waals surface area contributed by atoms with Crippen LogP contribution in [0.4, 0.5) is 5.82 Å². The molecule has 8 heteroatoms. The van der Waals surface area contributed by atoms with E-state index in [0.717, 1.165) is 53.7 Å². The van der Waals surface area contributed by atoms with Gasteiger partial charge in [0.1, 0.15) is 5.82 Å². The van der Waals surface area contributed by atoms with Gasteiger partial charge in [-0.05, 0) is 81.3 Å². The molecule has 2 saturated heterocycles. The number of amides is 1. The van der Waals surface area contributed by atoms with Crippen molar-refractivity contribution in [3.63, 3.8) is 0 Å². The van der Waals surface area contributed by atoms with Crippen molar-refractivity contribution in [1.29, 1.82) is 0 Å². The molecule has 1 aliphatic carbocycles. The van der Waals surface area contributed by atoms with Crippen LogP contribution in [0.5, 0.6) is 0 Å². The Labute approximate surface area is 199 Å². The number of piperidine rings is 1. The van der Waals surface area contributed by atoms with Crippen molar-refractivity contribution >= 4 is 34.1 Å². The number of hydrogen-bond donors (Lipinski definition) is 2. The van der Waals surface area contributed by atoms with Crippen LogP contribution in [0.1, 0.15) is 44.6 Å². The summed E-state index contributed by atoms with van der Waals surface area (Å²) in [5.74, 6) is 0.791. The third kappa shape index (κ3) is 4.49. The molecule has 3 fully saturated rings. The third-order valence-corrected chi connectivity index (χ3v) is 7.91. The van der Waals surface area contributed by atoms with Crippen LogP contribution in [0.25, 0.3) is 10.8 Å². The number of anilines is 1. The number of pyridine rings is 1. The van der Waals surface area contributed by atoms with E-state index in [1.807, 2.05) is 19.1 Å². The summed E-state index contributed by atoms with van der Waals surface area (Å²) in [5.41, 5.74) is 0.832. The lowest BCUT2D eigenvalue weighted by Gasteiger charge is -2.43. The molecule has 1 aromatic carbocycles. The van der Waals surface area contributed by atoms with E-state index in [9.17, 15) is 9.90 Å². The molecule has 3 heterocycles. The first-order valence-corrected chi connectivity index (χ1v) is 12.3. The first-order valence-electron chi connectivity index (χ1n) is 11.9. The average Bonchev–Trinajstić information content (AvgIpc) is 3.50. The predicted molar refractivity (Wildman–Crippen MR) is 128 cm³/mol. The van der Waals surface area contributed by atoms with Crippen molar-refractivity contribution in [2.24, 2.45) is 5.92 Å². The molecule has 5 rings (SSSR count). The van der Waals surface area contributed by atoms with E-state index >= 15 is 0 Å².